The maximum absolute atomic E-state index is 10.8. The lowest BCUT2D eigenvalue weighted by atomic mass is 10.3. The van der Waals surface area contributed by atoms with E-state index in [4.69, 9.17) is 0 Å². The normalized spacial score (nSPS) is 13.5. The summed E-state index contributed by atoms with van der Waals surface area (Å²) in [5, 5.41) is 0.840. The Hall–Kier alpha value is -1.29. The van der Waals surface area contributed by atoms with Crippen molar-refractivity contribution in [3.8, 4) is 0 Å². The van der Waals surface area contributed by atoms with Crippen molar-refractivity contribution in [2.45, 2.75) is 6.42 Å². The van der Waals surface area contributed by atoms with Gasteiger partial charge in [-0.25, -0.2) is 9.97 Å². The third-order valence-corrected chi connectivity index (χ3v) is 1.45. The molecule has 0 fully saturated rings. The minimum atomic E-state index is -0.142. The summed E-state index contributed by atoms with van der Waals surface area (Å²) in [7, 11) is 0. The van der Waals surface area contributed by atoms with Crippen LogP contribution in [-0.2, 0) is 4.79 Å². The van der Waals surface area contributed by atoms with Crippen LogP contribution in [0.3, 0.4) is 0 Å². The number of amides is 1. The number of fused-ring (bicyclic) bond motifs is 1. The van der Waals surface area contributed by atoms with Crippen molar-refractivity contribution < 1.29 is 4.79 Å². The van der Waals surface area contributed by atoms with Crippen LogP contribution < -0.4 is 10.7 Å². The molecule has 0 saturated carbocycles. The van der Waals surface area contributed by atoms with Gasteiger partial charge in [0.05, 0.1) is 0 Å². The fraction of sp³-hybridized carbons (Fsp3) is 0.143. The average molecular weight is 184 g/mol. The van der Waals surface area contributed by atoms with E-state index in [-0.39, 0.29) is 18.3 Å². The minimum Gasteiger partial charge on any atom is -0.272 e. The highest BCUT2D eigenvalue weighted by Gasteiger charge is 2.01. The largest absolute Gasteiger partial charge is 0.272 e. The zero-order chi connectivity index (χ0) is 7.68. The number of rotatable bonds is 0. The highest BCUT2D eigenvalue weighted by Crippen LogP contribution is 1.86. The lowest BCUT2D eigenvalue weighted by molar-refractivity contribution is -0.117. The van der Waals surface area contributed by atoms with Gasteiger partial charge in [-0.15, -0.1) is 12.4 Å². The average Bonchev–Trinajstić information content (AvgIpc) is 2.04. The molecule has 12 heavy (non-hydrogen) atoms. The zero-order valence-corrected chi connectivity index (χ0v) is 6.91. The number of carbonyl (C=O) groups excluding carboxylic acids is 1. The third kappa shape index (κ3) is 1.48. The number of hydrogen-bond acceptors (Lipinski definition) is 3. The van der Waals surface area contributed by atoms with Crippen LogP contribution in [0.25, 0.3) is 6.08 Å². The van der Waals surface area contributed by atoms with Gasteiger partial charge in [-0.2, -0.15) is 4.99 Å². The molecule has 5 heteroatoms. The van der Waals surface area contributed by atoms with Crippen LogP contribution in [-0.4, -0.2) is 15.9 Å². The van der Waals surface area contributed by atoms with Crippen LogP contribution in [0.5, 0.6) is 0 Å². The SMILES string of the molecule is Cl.O=C1CC=c2cncnc2=N1. The Balaban J connectivity index is 0.000000720. The Morgan fingerprint density at radius 2 is 2.25 bits per heavy atom. The summed E-state index contributed by atoms with van der Waals surface area (Å²) in [4.78, 5) is 22.1. The second kappa shape index (κ2) is 3.40. The quantitative estimate of drug-likeness (QED) is 0.531. The summed E-state index contributed by atoms with van der Waals surface area (Å²) in [6.45, 7) is 0. The Labute approximate surface area is 74.5 Å². The molecule has 0 atom stereocenters. The van der Waals surface area contributed by atoms with Gasteiger partial charge in [0, 0.05) is 17.8 Å². The van der Waals surface area contributed by atoms with Crippen LogP contribution in [0, 0.1) is 0 Å². The first kappa shape index (κ1) is 8.80. The van der Waals surface area contributed by atoms with Crippen molar-refractivity contribution in [3.05, 3.63) is 23.2 Å². The lowest BCUT2D eigenvalue weighted by Gasteiger charge is -1.94. The van der Waals surface area contributed by atoms with E-state index >= 15 is 0 Å². The van der Waals surface area contributed by atoms with Crippen LogP contribution in [0.1, 0.15) is 6.42 Å². The van der Waals surface area contributed by atoms with Gasteiger partial charge in [0.2, 0.25) is 0 Å². The summed E-state index contributed by atoms with van der Waals surface area (Å²) in [6.07, 6.45) is 5.18. The number of hydrogen-bond donors (Lipinski definition) is 0. The predicted molar refractivity (Wildman–Crippen MR) is 44.2 cm³/mol. The third-order valence-electron chi connectivity index (χ3n) is 1.45. The molecule has 0 saturated heterocycles. The van der Waals surface area contributed by atoms with Crippen molar-refractivity contribution in [1.29, 1.82) is 0 Å². The van der Waals surface area contributed by atoms with Gasteiger partial charge < -0.3 is 0 Å². The molecule has 1 aliphatic rings. The van der Waals surface area contributed by atoms with E-state index in [2.05, 4.69) is 15.0 Å². The van der Waals surface area contributed by atoms with Crippen LogP contribution in [0.15, 0.2) is 17.5 Å². The lowest BCUT2D eigenvalue weighted by Crippen LogP contribution is -2.32. The summed E-state index contributed by atoms with van der Waals surface area (Å²) in [5.74, 6) is -0.142. The van der Waals surface area contributed by atoms with E-state index in [9.17, 15) is 4.79 Å². The molecule has 0 bridgehead atoms. The molecular weight excluding hydrogens is 178 g/mol. The molecule has 2 rings (SSSR count). The van der Waals surface area contributed by atoms with E-state index in [1.165, 1.54) is 6.33 Å². The highest BCUT2D eigenvalue weighted by molar-refractivity contribution is 5.85. The molecule has 1 aliphatic heterocycles. The van der Waals surface area contributed by atoms with E-state index in [0.29, 0.717) is 11.9 Å². The van der Waals surface area contributed by atoms with Crippen molar-refractivity contribution in [2.24, 2.45) is 4.99 Å². The second-order valence-electron chi connectivity index (χ2n) is 2.22. The van der Waals surface area contributed by atoms with Crippen molar-refractivity contribution in [2.75, 3.05) is 0 Å². The molecule has 0 radical (unpaired) electrons. The van der Waals surface area contributed by atoms with E-state index in [0.717, 1.165) is 5.22 Å². The highest BCUT2D eigenvalue weighted by atomic mass is 35.5. The molecule has 0 aromatic carbocycles. The van der Waals surface area contributed by atoms with Gasteiger partial charge in [0.15, 0.2) is 5.49 Å². The van der Waals surface area contributed by atoms with E-state index < -0.39 is 0 Å². The van der Waals surface area contributed by atoms with Crippen LogP contribution >= 0.6 is 12.4 Å². The molecule has 0 N–H and O–H groups in total. The first-order chi connectivity index (χ1) is 5.36. The molecule has 0 aliphatic carbocycles. The summed E-state index contributed by atoms with van der Waals surface area (Å²) in [5.41, 5.74) is 0.483. The summed E-state index contributed by atoms with van der Waals surface area (Å²) >= 11 is 0. The molecule has 4 nitrogen and oxygen atoms in total. The van der Waals surface area contributed by atoms with Gasteiger partial charge in [-0.3, -0.25) is 4.79 Å². The Kier molecular flexibility index (Phi) is 2.50. The van der Waals surface area contributed by atoms with Crippen molar-refractivity contribution in [3.63, 3.8) is 0 Å². The molecule has 2 heterocycles. The van der Waals surface area contributed by atoms with Gasteiger partial charge in [0.1, 0.15) is 6.33 Å². The Morgan fingerprint density at radius 1 is 1.42 bits per heavy atom. The maximum atomic E-state index is 10.8. The molecule has 1 aromatic heterocycles. The van der Waals surface area contributed by atoms with Gasteiger partial charge in [-0.1, -0.05) is 6.08 Å². The molecule has 0 unspecified atom stereocenters. The summed E-state index contributed by atoms with van der Waals surface area (Å²) in [6, 6.07) is 0. The zero-order valence-electron chi connectivity index (χ0n) is 6.10. The van der Waals surface area contributed by atoms with Gasteiger partial charge in [0.25, 0.3) is 5.91 Å². The minimum absolute atomic E-state index is 0. The predicted octanol–water partition coefficient (Wildman–Crippen LogP) is -0.771. The molecule has 1 amide bonds. The van der Waals surface area contributed by atoms with Gasteiger partial charge >= 0.3 is 0 Å². The van der Waals surface area contributed by atoms with Crippen molar-refractivity contribution in [1.82, 2.24) is 9.97 Å². The van der Waals surface area contributed by atoms with Crippen LogP contribution in [0.2, 0.25) is 0 Å². The standard InChI is InChI=1S/C7H5N3O.ClH/c11-6-2-1-5-3-8-4-9-7(5)10-6;/h1,3-4H,2H2;1H. The van der Waals surface area contributed by atoms with Gasteiger partial charge in [-0.05, 0) is 0 Å². The first-order valence-electron chi connectivity index (χ1n) is 3.24. The Morgan fingerprint density at radius 3 is 3.08 bits per heavy atom. The second-order valence-corrected chi connectivity index (χ2v) is 2.22. The van der Waals surface area contributed by atoms with E-state index in [1.807, 2.05) is 0 Å². The maximum Gasteiger partial charge on any atom is 0.251 e. The Bertz CT molecular complexity index is 415. The summed E-state index contributed by atoms with van der Waals surface area (Å²) < 4.78 is 0. The first-order valence-corrected chi connectivity index (χ1v) is 3.24. The smallest absolute Gasteiger partial charge is 0.251 e. The van der Waals surface area contributed by atoms with E-state index in [1.54, 1.807) is 12.3 Å². The monoisotopic (exact) mass is 183 g/mol. The topological polar surface area (TPSA) is 55.2 Å². The molecule has 62 valence electrons. The number of halogens is 1. The fourth-order valence-corrected chi connectivity index (χ4v) is 0.932. The number of carbonyl (C=O) groups is 1. The number of nitrogens with zero attached hydrogens (tertiary/aromatic N) is 3. The fourth-order valence-electron chi connectivity index (χ4n) is 0.932. The van der Waals surface area contributed by atoms with Crippen LogP contribution in [0.4, 0.5) is 0 Å². The van der Waals surface area contributed by atoms with Crippen molar-refractivity contribution >= 4 is 24.4 Å². The molecule has 0 spiro atoms. The number of aromatic nitrogens is 2. The molecular formula is C7H6ClN3O. The molecule has 1 aromatic rings.